The van der Waals surface area contributed by atoms with Crippen molar-refractivity contribution in [3.63, 3.8) is 0 Å². The van der Waals surface area contributed by atoms with Crippen molar-refractivity contribution < 1.29 is 9.13 Å². The van der Waals surface area contributed by atoms with Crippen molar-refractivity contribution in [2.45, 2.75) is 19.3 Å². The summed E-state index contributed by atoms with van der Waals surface area (Å²) in [6.45, 7) is 3.39. The van der Waals surface area contributed by atoms with Crippen LogP contribution in [0.4, 0.5) is 4.39 Å². The van der Waals surface area contributed by atoms with E-state index in [1.54, 1.807) is 12.1 Å². The molecule has 0 saturated heterocycles. The molecule has 0 amide bonds. The molecule has 0 aliphatic rings. The predicted molar refractivity (Wildman–Crippen MR) is 61.0 cm³/mol. The summed E-state index contributed by atoms with van der Waals surface area (Å²) in [5.74, 6) is 0.578. The molecule has 0 N–H and O–H groups in total. The monoisotopic (exact) mass is 230 g/mol. The number of hydrogen-bond acceptors (Lipinski definition) is 1. The van der Waals surface area contributed by atoms with Gasteiger partial charge in [-0.2, -0.15) is 0 Å². The van der Waals surface area contributed by atoms with Crippen molar-refractivity contribution in [1.82, 2.24) is 0 Å². The first-order chi connectivity index (χ1) is 7.27. The van der Waals surface area contributed by atoms with Crippen LogP contribution in [0.25, 0.3) is 0 Å². The predicted octanol–water partition coefficient (Wildman–Crippen LogP) is 3.57. The Kier molecular flexibility index (Phi) is 5.66. The van der Waals surface area contributed by atoms with Crippen LogP contribution in [0, 0.1) is 5.82 Å². The van der Waals surface area contributed by atoms with Gasteiger partial charge in [-0.05, 0) is 37.0 Å². The first-order valence-electron chi connectivity index (χ1n) is 5.17. The Hall–Kier alpha value is -0.600. The molecular weight excluding hydrogens is 215 g/mol. The van der Waals surface area contributed by atoms with E-state index in [0.29, 0.717) is 12.5 Å². The van der Waals surface area contributed by atoms with E-state index in [-0.39, 0.29) is 11.7 Å². The Morgan fingerprint density at radius 2 is 2.00 bits per heavy atom. The minimum Gasteiger partial charge on any atom is -0.382 e. The number of benzene rings is 1. The lowest BCUT2D eigenvalue weighted by atomic mass is 9.98. The molecule has 15 heavy (non-hydrogen) atoms. The van der Waals surface area contributed by atoms with E-state index in [1.807, 2.05) is 6.92 Å². The molecule has 0 saturated carbocycles. The second-order valence-corrected chi connectivity index (χ2v) is 3.70. The first kappa shape index (κ1) is 12.5. The summed E-state index contributed by atoms with van der Waals surface area (Å²) in [6.07, 6.45) is 0.878. The van der Waals surface area contributed by atoms with Crippen molar-refractivity contribution in [3.8, 4) is 0 Å². The third-order valence-electron chi connectivity index (χ3n) is 2.34. The zero-order valence-electron chi connectivity index (χ0n) is 8.88. The van der Waals surface area contributed by atoms with Crippen molar-refractivity contribution in [3.05, 3.63) is 35.6 Å². The van der Waals surface area contributed by atoms with E-state index < -0.39 is 0 Å². The second-order valence-electron chi connectivity index (χ2n) is 3.39. The van der Waals surface area contributed by atoms with Crippen LogP contribution in [-0.4, -0.2) is 19.1 Å². The molecule has 0 heterocycles. The van der Waals surface area contributed by atoms with Gasteiger partial charge in [-0.15, -0.1) is 11.6 Å². The smallest absolute Gasteiger partial charge is 0.123 e. The van der Waals surface area contributed by atoms with Crippen molar-refractivity contribution >= 4 is 11.6 Å². The van der Waals surface area contributed by atoms with Crippen LogP contribution in [-0.2, 0) is 4.74 Å². The molecule has 1 aromatic carbocycles. The molecule has 0 spiro atoms. The van der Waals surface area contributed by atoms with E-state index in [9.17, 15) is 4.39 Å². The van der Waals surface area contributed by atoms with E-state index >= 15 is 0 Å². The lowest BCUT2D eigenvalue weighted by molar-refractivity contribution is 0.141. The molecule has 1 aromatic rings. The lowest BCUT2D eigenvalue weighted by Crippen LogP contribution is -2.05. The van der Waals surface area contributed by atoms with Gasteiger partial charge in [0.05, 0.1) is 0 Å². The fourth-order valence-electron chi connectivity index (χ4n) is 1.44. The summed E-state index contributed by atoms with van der Waals surface area (Å²) in [5.41, 5.74) is 1.08. The molecule has 1 nitrogen and oxygen atoms in total. The molecular formula is C12H16ClFO. The summed E-state index contributed by atoms with van der Waals surface area (Å²) >= 11 is 5.87. The van der Waals surface area contributed by atoms with Gasteiger partial charge in [0, 0.05) is 19.1 Å². The van der Waals surface area contributed by atoms with Crippen molar-refractivity contribution in [1.29, 1.82) is 0 Å². The first-order valence-corrected chi connectivity index (χ1v) is 5.70. The molecule has 0 aliphatic heterocycles. The Labute approximate surface area is 95.2 Å². The minimum absolute atomic E-state index is 0.211. The summed E-state index contributed by atoms with van der Waals surface area (Å²) in [6, 6.07) is 6.51. The Morgan fingerprint density at radius 1 is 1.33 bits per heavy atom. The van der Waals surface area contributed by atoms with Gasteiger partial charge in [-0.1, -0.05) is 12.1 Å². The summed E-state index contributed by atoms with van der Waals surface area (Å²) < 4.78 is 18.0. The highest BCUT2D eigenvalue weighted by atomic mass is 35.5. The number of alkyl halides is 1. The van der Waals surface area contributed by atoms with Gasteiger partial charge < -0.3 is 4.74 Å². The Morgan fingerprint density at radius 3 is 2.53 bits per heavy atom. The van der Waals surface area contributed by atoms with Crippen molar-refractivity contribution in [2.24, 2.45) is 0 Å². The normalized spacial score (nSPS) is 12.7. The fraction of sp³-hybridized carbons (Fsp3) is 0.500. The number of hydrogen-bond donors (Lipinski definition) is 0. The second kappa shape index (κ2) is 6.81. The van der Waals surface area contributed by atoms with Gasteiger partial charge in [0.15, 0.2) is 0 Å². The third-order valence-corrected chi connectivity index (χ3v) is 2.71. The number of ether oxygens (including phenoxy) is 1. The van der Waals surface area contributed by atoms with Gasteiger partial charge in [0.2, 0.25) is 0 Å². The van der Waals surface area contributed by atoms with Gasteiger partial charge in [0.25, 0.3) is 0 Å². The Balaban J connectivity index is 2.53. The lowest BCUT2D eigenvalue weighted by Gasteiger charge is -2.13. The molecule has 3 heteroatoms. The molecule has 1 unspecified atom stereocenters. The number of rotatable bonds is 6. The standard InChI is InChI=1S/C12H16ClFO/c1-2-15-8-7-11(9-13)10-3-5-12(14)6-4-10/h3-6,11H,2,7-9H2,1H3. The average Bonchev–Trinajstić information content (AvgIpc) is 2.26. The quantitative estimate of drug-likeness (QED) is 0.536. The van der Waals surface area contributed by atoms with Gasteiger partial charge in [-0.25, -0.2) is 4.39 Å². The minimum atomic E-state index is -0.211. The molecule has 0 fully saturated rings. The average molecular weight is 231 g/mol. The molecule has 84 valence electrons. The van der Waals surface area contributed by atoms with Crippen LogP contribution in [0.5, 0.6) is 0 Å². The van der Waals surface area contributed by atoms with Crippen molar-refractivity contribution in [2.75, 3.05) is 19.1 Å². The van der Waals surface area contributed by atoms with E-state index in [0.717, 1.165) is 18.6 Å². The third kappa shape index (κ3) is 4.18. The molecule has 1 rings (SSSR count). The summed E-state index contributed by atoms with van der Waals surface area (Å²) in [5, 5.41) is 0. The SMILES string of the molecule is CCOCCC(CCl)c1ccc(F)cc1. The Bertz CT molecular complexity index is 273. The van der Waals surface area contributed by atoms with Crippen LogP contribution in [0.3, 0.4) is 0 Å². The van der Waals surface area contributed by atoms with E-state index in [2.05, 4.69) is 0 Å². The summed E-state index contributed by atoms with van der Waals surface area (Å²) in [4.78, 5) is 0. The maximum atomic E-state index is 12.7. The highest BCUT2D eigenvalue weighted by Gasteiger charge is 2.09. The highest BCUT2D eigenvalue weighted by Crippen LogP contribution is 2.21. The van der Waals surface area contributed by atoms with Gasteiger partial charge in [-0.3, -0.25) is 0 Å². The van der Waals surface area contributed by atoms with Crippen LogP contribution < -0.4 is 0 Å². The maximum Gasteiger partial charge on any atom is 0.123 e. The van der Waals surface area contributed by atoms with Gasteiger partial charge in [0.1, 0.15) is 5.82 Å². The molecule has 0 aromatic heterocycles. The zero-order chi connectivity index (χ0) is 11.1. The molecule has 1 atom stereocenters. The topological polar surface area (TPSA) is 9.23 Å². The highest BCUT2D eigenvalue weighted by molar-refractivity contribution is 6.18. The zero-order valence-corrected chi connectivity index (χ0v) is 9.64. The molecule has 0 aliphatic carbocycles. The largest absolute Gasteiger partial charge is 0.382 e. The van der Waals surface area contributed by atoms with E-state index in [1.165, 1.54) is 12.1 Å². The van der Waals surface area contributed by atoms with Crippen LogP contribution in [0.2, 0.25) is 0 Å². The molecule has 0 bridgehead atoms. The fourth-order valence-corrected chi connectivity index (χ4v) is 1.77. The molecule has 0 radical (unpaired) electrons. The number of halogens is 2. The van der Waals surface area contributed by atoms with Crippen LogP contribution in [0.1, 0.15) is 24.8 Å². The van der Waals surface area contributed by atoms with Gasteiger partial charge >= 0.3 is 0 Å². The van der Waals surface area contributed by atoms with Crippen LogP contribution >= 0.6 is 11.6 Å². The van der Waals surface area contributed by atoms with E-state index in [4.69, 9.17) is 16.3 Å². The maximum absolute atomic E-state index is 12.7. The van der Waals surface area contributed by atoms with Crippen LogP contribution in [0.15, 0.2) is 24.3 Å². The summed E-state index contributed by atoms with van der Waals surface area (Å²) in [7, 11) is 0.